The van der Waals surface area contributed by atoms with Crippen LogP contribution in [0.15, 0.2) is 11.4 Å². The molecule has 0 atom stereocenters. The summed E-state index contributed by atoms with van der Waals surface area (Å²) in [6.45, 7) is 3.82. The number of aromatic nitrogens is 2. The maximum atomic E-state index is 11.9. The van der Waals surface area contributed by atoms with Crippen LogP contribution < -0.4 is 5.32 Å². The highest BCUT2D eigenvalue weighted by Gasteiger charge is 2.36. The van der Waals surface area contributed by atoms with Gasteiger partial charge in [-0.15, -0.1) is 11.3 Å². The van der Waals surface area contributed by atoms with Crippen molar-refractivity contribution in [3.8, 4) is 0 Å². The number of anilines is 1. The Labute approximate surface area is 146 Å². The zero-order valence-corrected chi connectivity index (χ0v) is 15.7. The van der Waals surface area contributed by atoms with Crippen molar-refractivity contribution in [2.24, 2.45) is 5.41 Å². The molecule has 0 aliphatic carbocycles. The van der Waals surface area contributed by atoms with Crippen LogP contribution in [0.5, 0.6) is 0 Å². The predicted molar refractivity (Wildman–Crippen MR) is 97.5 cm³/mol. The lowest BCUT2D eigenvalue weighted by Crippen LogP contribution is -2.41. The third-order valence-electron chi connectivity index (χ3n) is 4.44. The SMILES string of the molecule is CCc1nc(NCC2(CS(C)(=O)=O)CCOCC2)c2ccsc2n1. The van der Waals surface area contributed by atoms with E-state index in [9.17, 15) is 8.42 Å². The van der Waals surface area contributed by atoms with E-state index in [4.69, 9.17) is 4.74 Å². The number of fused-ring (bicyclic) bond motifs is 1. The minimum absolute atomic E-state index is 0.175. The van der Waals surface area contributed by atoms with Crippen molar-refractivity contribution in [2.45, 2.75) is 26.2 Å². The number of nitrogens with one attached hydrogen (secondary N) is 1. The van der Waals surface area contributed by atoms with Gasteiger partial charge in [0.1, 0.15) is 26.3 Å². The summed E-state index contributed by atoms with van der Waals surface area (Å²) in [5.74, 6) is 1.78. The third kappa shape index (κ3) is 4.04. The van der Waals surface area contributed by atoms with Crippen molar-refractivity contribution in [1.82, 2.24) is 9.97 Å². The van der Waals surface area contributed by atoms with Crippen LogP contribution in [0.3, 0.4) is 0 Å². The first-order valence-corrected chi connectivity index (χ1v) is 11.1. The molecule has 1 aliphatic heterocycles. The van der Waals surface area contributed by atoms with E-state index in [1.807, 2.05) is 18.4 Å². The van der Waals surface area contributed by atoms with Gasteiger partial charge in [-0.25, -0.2) is 18.4 Å². The first-order valence-electron chi connectivity index (χ1n) is 8.14. The summed E-state index contributed by atoms with van der Waals surface area (Å²) in [6, 6.07) is 2.01. The molecule has 2 aromatic heterocycles. The van der Waals surface area contributed by atoms with Gasteiger partial charge >= 0.3 is 0 Å². The Morgan fingerprint density at radius 3 is 2.75 bits per heavy atom. The number of thiophene rings is 1. The average molecular weight is 370 g/mol. The Morgan fingerprint density at radius 2 is 2.08 bits per heavy atom. The lowest BCUT2D eigenvalue weighted by Gasteiger charge is -2.36. The zero-order valence-electron chi connectivity index (χ0n) is 14.0. The first kappa shape index (κ1) is 17.6. The fourth-order valence-corrected chi connectivity index (χ4v) is 5.48. The van der Waals surface area contributed by atoms with Crippen LogP contribution >= 0.6 is 11.3 Å². The van der Waals surface area contributed by atoms with Gasteiger partial charge < -0.3 is 10.1 Å². The Morgan fingerprint density at radius 1 is 1.33 bits per heavy atom. The number of sulfone groups is 1. The molecule has 0 bridgehead atoms. The average Bonchev–Trinajstić information content (AvgIpc) is 3.00. The van der Waals surface area contributed by atoms with E-state index < -0.39 is 9.84 Å². The molecule has 3 heterocycles. The lowest BCUT2D eigenvalue weighted by molar-refractivity contribution is 0.0315. The van der Waals surface area contributed by atoms with E-state index in [2.05, 4.69) is 15.3 Å². The van der Waals surface area contributed by atoms with Gasteiger partial charge in [0.05, 0.1) is 11.1 Å². The molecule has 8 heteroatoms. The van der Waals surface area contributed by atoms with Gasteiger partial charge in [0, 0.05) is 37.9 Å². The van der Waals surface area contributed by atoms with Crippen molar-refractivity contribution in [3.63, 3.8) is 0 Å². The molecule has 0 spiro atoms. The lowest BCUT2D eigenvalue weighted by atomic mass is 9.82. The summed E-state index contributed by atoms with van der Waals surface area (Å²) >= 11 is 1.59. The maximum Gasteiger partial charge on any atom is 0.148 e. The highest BCUT2D eigenvalue weighted by Crippen LogP contribution is 2.33. The van der Waals surface area contributed by atoms with Crippen molar-refractivity contribution in [2.75, 3.05) is 37.1 Å². The van der Waals surface area contributed by atoms with E-state index in [1.165, 1.54) is 6.26 Å². The molecule has 0 amide bonds. The fourth-order valence-electron chi connectivity index (χ4n) is 3.20. The number of hydrogen-bond donors (Lipinski definition) is 1. The number of ether oxygens (including phenoxy) is 1. The van der Waals surface area contributed by atoms with Crippen LogP contribution in [0, 0.1) is 5.41 Å². The molecule has 1 N–H and O–H groups in total. The second-order valence-corrected chi connectivity index (χ2v) is 9.55. The van der Waals surface area contributed by atoms with Crippen LogP contribution in [0.25, 0.3) is 10.2 Å². The number of aryl methyl sites for hydroxylation is 1. The summed E-state index contributed by atoms with van der Waals surface area (Å²) < 4.78 is 29.2. The number of rotatable bonds is 6. The van der Waals surface area contributed by atoms with Crippen molar-refractivity contribution in [1.29, 1.82) is 0 Å². The smallest absolute Gasteiger partial charge is 0.148 e. The third-order valence-corrected chi connectivity index (χ3v) is 6.38. The predicted octanol–water partition coefficient (Wildman–Crippen LogP) is 2.51. The van der Waals surface area contributed by atoms with E-state index >= 15 is 0 Å². The van der Waals surface area contributed by atoms with Crippen molar-refractivity contribution >= 4 is 37.2 Å². The van der Waals surface area contributed by atoms with E-state index in [-0.39, 0.29) is 11.2 Å². The molecule has 1 aliphatic rings. The molecule has 1 fully saturated rings. The zero-order chi connectivity index (χ0) is 17.2. The fraction of sp³-hybridized carbons (Fsp3) is 0.625. The van der Waals surface area contributed by atoms with Gasteiger partial charge in [-0.1, -0.05) is 6.92 Å². The highest BCUT2D eigenvalue weighted by atomic mass is 32.2. The van der Waals surface area contributed by atoms with Gasteiger partial charge in [-0.3, -0.25) is 0 Å². The molecule has 6 nitrogen and oxygen atoms in total. The molecule has 2 aromatic rings. The molecule has 132 valence electrons. The van der Waals surface area contributed by atoms with E-state index in [0.29, 0.717) is 19.8 Å². The standard InChI is InChI=1S/C16H23N3O3S2/c1-3-13-18-14(12-4-9-23-15(12)19-13)17-10-16(11-24(2,20)21)5-7-22-8-6-16/h4,9H,3,5-8,10-11H2,1-2H3,(H,17,18,19). The molecule has 0 unspecified atom stereocenters. The second kappa shape index (κ2) is 6.93. The summed E-state index contributed by atoms with van der Waals surface area (Å²) in [5, 5.41) is 6.42. The molecule has 0 aromatic carbocycles. The molecule has 3 rings (SSSR count). The largest absolute Gasteiger partial charge is 0.381 e. The molecule has 24 heavy (non-hydrogen) atoms. The van der Waals surface area contributed by atoms with Crippen LogP contribution in [-0.2, 0) is 21.0 Å². The van der Waals surface area contributed by atoms with Crippen LogP contribution in [0.1, 0.15) is 25.6 Å². The van der Waals surface area contributed by atoms with Crippen LogP contribution in [-0.4, -0.2) is 50.2 Å². The number of nitrogens with zero attached hydrogens (tertiary/aromatic N) is 2. The minimum Gasteiger partial charge on any atom is -0.381 e. The summed E-state index contributed by atoms with van der Waals surface area (Å²) in [6.07, 6.45) is 3.56. The first-order chi connectivity index (χ1) is 11.4. The molecular weight excluding hydrogens is 346 g/mol. The minimum atomic E-state index is -3.06. The Bertz CT molecular complexity index is 811. The summed E-state index contributed by atoms with van der Waals surface area (Å²) in [7, 11) is -3.06. The van der Waals surface area contributed by atoms with E-state index in [0.717, 1.165) is 41.1 Å². The summed E-state index contributed by atoms with van der Waals surface area (Å²) in [5.41, 5.74) is -0.300. The molecule has 1 saturated heterocycles. The Kier molecular flexibility index (Phi) is 5.08. The monoisotopic (exact) mass is 369 g/mol. The topological polar surface area (TPSA) is 81.2 Å². The quantitative estimate of drug-likeness (QED) is 0.843. The van der Waals surface area contributed by atoms with Gasteiger partial charge in [0.15, 0.2) is 0 Å². The van der Waals surface area contributed by atoms with Crippen molar-refractivity contribution < 1.29 is 13.2 Å². The normalized spacial score (nSPS) is 17.9. The number of hydrogen-bond acceptors (Lipinski definition) is 7. The molecular formula is C16H23N3O3S2. The van der Waals surface area contributed by atoms with Crippen LogP contribution in [0.4, 0.5) is 5.82 Å². The summed E-state index contributed by atoms with van der Waals surface area (Å²) in [4.78, 5) is 10.1. The molecule has 0 saturated carbocycles. The van der Waals surface area contributed by atoms with Crippen LogP contribution in [0.2, 0.25) is 0 Å². The molecule has 0 radical (unpaired) electrons. The maximum absolute atomic E-state index is 11.9. The van der Waals surface area contributed by atoms with Gasteiger partial charge in [0.2, 0.25) is 0 Å². The van der Waals surface area contributed by atoms with E-state index in [1.54, 1.807) is 11.3 Å². The van der Waals surface area contributed by atoms with Gasteiger partial charge in [0.25, 0.3) is 0 Å². The highest BCUT2D eigenvalue weighted by molar-refractivity contribution is 7.90. The Balaban J connectivity index is 1.85. The van der Waals surface area contributed by atoms with Gasteiger partial charge in [-0.05, 0) is 24.3 Å². The Hall–Kier alpha value is -1.25. The van der Waals surface area contributed by atoms with Crippen molar-refractivity contribution in [3.05, 3.63) is 17.3 Å². The second-order valence-electron chi connectivity index (χ2n) is 6.52. The van der Waals surface area contributed by atoms with Gasteiger partial charge in [-0.2, -0.15) is 0 Å².